The Morgan fingerprint density at radius 1 is 1.23 bits per heavy atom. The molecule has 0 radical (unpaired) electrons. The molecule has 1 unspecified atom stereocenters. The van der Waals surface area contributed by atoms with Crippen LogP contribution in [0.4, 0.5) is 0 Å². The number of nitrogens with zero attached hydrogens (tertiary/aromatic N) is 4. The highest BCUT2D eigenvalue weighted by atomic mass is 35.5. The van der Waals surface area contributed by atoms with Crippen molar-refractivity contribution in [1.29, 1.82) is 0 Å². The van der Waals surface area contributed by atoms with Crippen LogP contribution in [-0.2, 0) is 16.4 Å². The summed E-state index contributed by atoms with van der Waals surface area (Å²) in [5.74, 6) is 0.0476. The number of benzene rings is 2. The summed E-state index contributed by atoms with van der Waals surface area (Å²) in [7, 11) is -1.40. The summed E-state index contributed by atoms with van der Waals surface area (Å²) >= 11 is 6.08. The molecule has 2 aromatic carbocycles. The van der Waals surface area contributed by atoms with Crippen molar-refractivity contribution in [2.24, 2.45) is 0 Å². The minimum Gasteiger partial charge on any atom is -0.292 e. The van der Waals surface area contributed by atoms with Gasteiger partial charge in [0.25, 0.3) is 0 Å². The number of hydrogen-bond acceptors (Lipinski definition) is 5. The molecule has 0 N–H and O–H groups in total. The van der Waals surface area contributed by atoms with E-state index >= 15 is 0 Å². The first-order chi connectivity index (χ1) is 12.4. The minimum absolute atomic E-state index is 0.0476. The van der Waals surface area contributed by atoms with Crippen LogP contribution in [0.25, 0.3) is 5.69 Å². The topological polar surface area (TPSA) is 68.1 Å². The molecule has 1 aromatic heterocycles. The van der Waals surface area contributed by atoms with Gasteiger partial charge in [-0.05, 0) is 42.9 Å². The highest BCUT2D eigenvalue weighted by molar-refractivity contribution is 7.91. The van der Waals surface area contributed by atoms with Gasteiger partial charge in [-0.3, -0.25) is 4.90 Å². The average Bonchev–Trinajstić information content (AvgIpc) is 3.18. The van der Waals surface area contributed by atoms with E-state index in [2.05, 4.69) is 10.2 Å². The van der Waals surface area contributed by atoms with Crippen LogP contribution in [-0.4, -0.2) is 41.1 Å². The molecule has 0 bridgehead atoms. The second-order valence-corrected chi connectivity index (χ2v) is 8.79. The zero-order valence-electron chi connectivity index (χ0n) is 14.1. The maximum atomic E-state index is 12.4. The molecule has 0 amide bonds. The summed E-state index contributed by atoms with van der Waals surface area (Å²) < 4.78 is 24.8. The van der Waals surface area contributed by atoms with Gasteiger partial charge in [0, 0.05) is 11.6 Å². The van der Waals surface area contributed by atoms with E-state index in [1.54, 1.807) is 29.2 Å². The highest BCUT2D eigenvalue weighted by Crippen LogP contribution is 2.38. The van der Waals surface area contributed by atoms with Crippen LogP contribution >= 0.6 is 11.6 Å². The third kappa shape index (κ3) is 3.13. The molecule has 2 heterocycles. The zero-order valence-corrected chi connectivity index (χ0v) is 15.7. The Bertz CT molecular complexity index is 1050. The van der Waals surface area contributed by atoms with Crippen molar-refractivity contribution >= 4 is 21.4 Å². The Balaban J connectivity index is 1.58. The standard InChI is InChI=1S/C18H17ClN4O2S/c1-22(11-14-10-20-23(21-14)15-5-3-2-4-6-15)17-12-26(24,25)18-8-7-13(19)9-16(17)18/h2-10,17H,11-12H2,1H3. The Morgan fingerprint density at radius 3 is 2.77 bits per heavy atom. The SMILES string of the molecule is CN(Cc1cnn(-c2ccccc2)n1)C1CS(=O)(=O)c2ccc(Cl)cc21. The maximum absolute atomic E-state index is 12.4. The Labute approximate surface area is 156 Å². The molecular weight excluding hydrogens is 372 g/mol. The van der Waals surface area contributed by atoms with Crippen LogP contribution < -0.4 is 0 Å². The van der Waals surface area contributed by atoms with E-state index in [0.717, 1.165) is 16.9 Å². The molecule has 6 nitrogen and oxygen atoms in total. The van der Waals surface area contributed by atoms with Gasteiger partial charge in [0.1, 0.15) is 0 Å². The Morgan fingerprint density at radius 2 is 2.00 bits per heavy atom. The molecule has 0 spiro atoms. The lowest BCUT2D eigenvalue weighted by atomic mass is 10.1. The number of rotatable bonds is 4. The predicted octanol–water partition coefficient (Wildman–Crippen LogP) is 2.88. The van der Waals surface area contributed by atoms with Crippen molar-refractivity contribution in [3.8, 4) is 5.69 Å². The fraction of sp³-hybridized carbons (Fsp3) is 0.222. The van der Waals surface area contributed by atoms with E-state index in [1.165, 1.54) is 0 Å². The van der Waals surface area contributed by atoms with E-state index in [4.69, 9.17) is 11.6 Å². The van der Waals surface area contributed by atoms with E-state index < -0.39 is 9.84 Å². The Hall–Kier alpha value is -2.22. The van der Waals surface area contributed by atoms with E-state index in [1.807, 2.05) is 42.3 Å². The van der Waals surface area contributed by atoms with Crippen molar-refractivity contribution in [1.82, 2.24) is 19.9 Å². The molecule has 1 aliphatic rings. The first-order valence-corrected chi connectivity index (χ1v) is 10.2. The van der Waals surface area contributed by atoms with Crippen molar-refractivity contribution in [2.45, 2.75) is 17.5 Å². The van der Waals surface area contributed by atoms with Crippen LogP contribution in [0.2, 0.25) is 5.02 Å². The molecule has 0 saturated heterocycles. The lowest BCUT2D eigenvalue weighted by molar-refractivity contribution is 0.253. The number of halogens is 1. The smallest absolute Gasteiger partial charge is 0.180 e. The first-order valence-electron chi connectivity index (χ1n) is 8.13. The second-order valence-electron chi connectivity index (χ2n) is 6.36. The van der Waals surface area contributed by atoms with E-state index in [-0.39, 0.29) is 11.8 Å². The monoisotopic (exact) mass is 388 g/mol. The van der Waals surface area contributed by atoms with Gasteiger partial charge in [0.15, 0.2) is 9.84 Å². The largest absolute Gasteiger partial charge is 0.292 e. The third-order valence-corrected chi connectivity index (χ3v) is 6.54. The van der Waals surface area contributed by atoms with Crippen LogP contribution in [0.1, 0.15) is 17.3 Å². The van der Waals surface area contributed by atoms with Gasteiger partial charge < -0.3 is 0 Å². The fourth-order valence-corrected chi connectivity index (χ4v) is 5.27. The summed E-state index contributed by atoms with van der Waals surface area (Å²) in [5, 5.41) is 9.32. The van der Waals surface area contributed by atoms with Gasteiger partial charge in [-0.15, -0.1) is 0 Å². The molecule has 3 aromatic rings. The highest BCUT2D eigenvalue weighted by Gasteiger charge is 2.37. The summed E-state index contributed by atoms with van der Waals surface area (Å²) in [6, 6.07) is 14.3. The third-order valence-electron chi connectivity index (χ3n) is 4.51. The number of aromatic nitrogens is 3. The van der Waals surface area contributed by atoms with Crippen LogP contribution in [0.3, 0.4) is 0 Å². The van der Waals surface area contributed by atoms with Crippen molar-refractivity contribution in [3.05, 3.63) is 71.0 Å². The summed E-state index contributed by atoms with van der Waals surface area (Å²) in [4.78, 5) is 3.91. The molecule has 134 valence electrons. The number of sulfone groups is 1. The summed E-state index contributed by atoms with van der Waals surface area (Å²) in [5.41, 5.74) is 2.39. The average molecular weight is 389 g/mol. The van der Waals surface area contributed by atoms with E-state index in [0.29, 0.717) is 16.5 Å². The van der Waals surface area contributed by atoms with Gasteiger partial charge in [-0.2, -0.15) is 15.0 Å². The number of fused-ring (bicyclic) bond motifs is 1. The molecule has 0 aliphatic carbocycles. The fourth-order valence-electron chi connectivity index (χ4n) is 3.23. The zero-order chi connectivity index (χ0) is 18.3. The van der Waals surface area contributed by atoms with Crippen molar-refractivity contribution in [2.75, 3.05) is 12.8 Å². The molecule has 1 atom stereocenters. The normalized spacial score (nSPS) is 18.2. The Kier molecular flexibility index (Phi) is 4.30. The molecule has 0 fully saturated rings. The lowest BCUT2D eigenvalue weighted by Crippen LogP contribution is -2.25. The summed E-state index contributed by atoms with van der Waals surface area (Å²) in [6.45, 7) is 0.485. The van der Waals surface area contributed by atoms with Gasteiger partial charge in [0.2, 0.25) is 0 Å². The lowest BCUT2D eigenvalue weighted by Gasteiger charge is -2.23. The molecule has 8 heteroatoms. The molecular formula is C18H17ClN4O2S. The summed E-state index contributed by atoms with van der Waals surface area (Å²) in [6.07, 6.45) is 1.70. The van der Waals surface area contributed by atoms with Crippen LogP contribution in [0, 0.1) is 0 Å². The van der Waals surface area contributed by atoms with Gasteiger partial charge >= 0.3 is 0 Å². The quantitative estimate of drug-likeness (QED) is 0.687. The van der Waals surface area contributed by atoms with Crippen LogP contribution in [0.5, 0.6) is 0 Å². The molecule has 26 heavy (non-hydrogen) atoms. The molecule has 0 saturated carbocycles. The first kappa shape index (κ1) is 17.2. The van der Waals surface area contributed by atoms with Crippen LogP contribution in [0.15, 0.2) is 59.6 Å². The predicted molar refractivity (Wildman–Crippen MR) is 99.1 cm³/mol. The van der Waals surface area contributed by atoms with Gasteiger partial charge in [-0.1, -0.05) is 29.8 Å². The molecule has 4 rings (SSSR count). The number of hydrogen-bond donors (Lipinski definition) is 0. The minimum atomic E-state index is -3.29. The van der Waals surface area contributed by atoms with E-state index in [9.17, 15) is 8.42 Å². The van der Waals surface area contributed by atoms with Gasteiger partial charge in [-0.25, -0.2) is 8.42 Å². The second kappa shape index (κ2) is 6.50. The molecule has 1 aliphatic heterocycles. The maximum Gasteiger partial charge on any atom is 0.180 e. The van der Waals surface area contributed by atoms with Crippen molar-refractivity contribution < 1.29 is 8.42 Å². The number of para-hydroxylation sites is 1. The van der Waals surface area contributed by atoms with Crippen molar-refractivity contribution in [3.63, 3.8) is 0 Å². The van der Waals surface area contributed by atoms with Gasteiger partial charge in [0.05, 0.1) is 34.3 Å².